The van der Waals surface area contributed by atoms with Crippen molar-refractivity contribution in [3.05, 3.63) is 30.1 Å². The van der Waals surface area contributed by atoms with E-state index in [9.17, 15) is 14.0 Å². The Hall–Kier alpha value is -1.95. The highest BCUT2D eigenvalue weighted by molar-refractivity contribution is 5.93. The number of hydrazine groups is 1. The van der Waals surface area contributed by atoms with E-state index in [1.807, 2.05) is 5.43 Å². The Morgan fingerprint density at radius 1 is 1.19 bits per heavy atom. The average Bonchev–Trinajstić information content (AvgIpc) is 2.29. The third kappa shape index (κ3) is 3.66. The van der Waals surface area contributed by atoms with Gasteiger partial charge in [0.15, 0.2) is 0 Å². The van der Waals surface area contributed by atoms with E-state index in [1.54, 1.807) is 6.07 Å². The minimum Gasteiger partial charge on any atom is -0.324 e. The number of hydrogen-bond acceptors (Lipinski definition) is 3. The Morgan fingerprint density at radius 3 is 2.44 bits per heavy atom. The third-order valence-corrected chi connectivity index (χ3v) is 1.89. The molecule has 0 unspecified atom stereocenters. The second kappa shape index (κ2) is 5.82. The van der Waals surface area contributed by atoms with Crippen LogP contribution in [0, 0.1) is 5.82 Å². The van der Waals surface area contributed by atoms with Crippen molar-refractivity contribution in [2.45, 2.75) is 12.8 Å². The molecule has 1 rings (SSSR count). The normalized spacial score (nSPS) is 9.62. The van der Waals surface area contributed by atoms with Gasteiger partial charge in [0.1, 0.15) is 5.82 Å². The van der Waals surface area contributed by atoms with E-state index in [2.05, 4.69) is 5.32 Å². The Labute approximate surface area is 91.8 Å². The lowest BCUT2D eigenvalue weighted by Crippen LogP contribution is -2.30. The quantitative estimate of drug-likeness (QED) is 0.397. The number of anilines is 1. The van der Waals surface area contributed by atoms with Gasteiger partial charge < -0.3 is 5.32 Å². The largest absolute Gasteiger partial charge is 0.324 e. The monoisotopic (exact) mass is 225 g/mol. The smallest absolute Gasteiger partial charge is 0.234 e. The summed E-state index contributed by atoms with van der Waals surface area (Å²) in [4.78, 5) is 22.0. The first-order valence-electron chi connectivity index (χ1n) is 4.67. The minimum atomic E-state index is -0.515. The molecule has 16 heavy (non-hydrogen) atoms. The lowest BCUT2D eigenvalue weighted by atomic mass is 10.2. The number of carbonyl (C=O) groups excluding carboxylic acids is 2. The summed E-state index contributed by atoms with van der Waals surface area (Å²) in [6, 6.07) is 5.80. The van der Waals surface area contributed by atoms with Crippen LogP contribution in [0.1, 0.15) is 12.8 Å². The van der Waals surface area contributed by atoms with E-state index in [0.29, 0.717) is 0 Å². The predicted molar refractivity (Wildman–Crippen MR) is 56.6 cm³/mol. The summed E-state index contributed by atoms with van der Waals surface area (Å²) >= 11 is 0. The first-order valence-corrected chi connectivity index (χ1v) is 4.67. The number of hydrogen-bond donors (Lipinski definition) is 3. The van der Waals surface area contributed by atoms with Gasteiger partial charge in [0.25, 0.3) is 0 Å². The van der Waals surface area contributed by atoms with Crippen molar-refractivity contribution in [3.8, 4) is 0 Å². The number of nitrogens with two attached hydrogens (primary N) is 1. The maximum atomic E-state index is 13.1. The van der Waals surface area contributed by atoms with Crippen LogP contribution in [0.5, 0.6) is 0 Å². The molecule has 1 aromatic carbocycles. The Kier molecular flexibility index (Phi) is 4.41. The highest BCUT2D eigenvalue weighted by Crippen LogP contribution is 2.12. The van der Waals surface area contributed by atoms with Crippen LogP contribution in [0.3, 0.4) is 0 Å². The molecule has 5 nitrogen and oxygen atoms in total. The first-order chi connectivity index (χ1) is 7.63. The fourth-order valence-electron chi connectivity index (χ4n) is 1.07. The van der Waals surface area contributed by atoms with Gasteiger partial charge >= 0.3 is 0 Å². The zero-order valence-corrected chi connectivity index (χ0v) is 8.50. The fraction of sp³-hybridized carbons (Fsp3) is 0.200. The first kappa shape index (κ1) is 12.1. The number of nitrogens with one attached hydrogen (secondary N) is 2. The number of rotatable bonds is 4. The molecule has 6 heteroatoms. The Morgan fingerprint density at radius 2 is 1.81 bits per heavy atom. The van der Waals surface area contributed by atoms with E-state index in [1.165, 1.54) is 18.2 Å². The van der Waals surface area contributed by atoms with Gasteiger partial charge in [-0.2, -0.15) is 0 Å². The number of amides is 2. The summed E-state index contributed by atoms with van der Waals surface area (Å²) in [5.41, 5.74) is 2.00. The number of carbonyl (C=O) groups is 2. The molecular weight excluding hydrogens is 213 g/mol. The van der Waals surface area contributed by atoms with E-state index in [-0.39, 0.29) is 18.5 Å². The molecule has 0 aliphatic heterocycles. The summed E-state index contributed by atoms with van der Waals surface area (Å²) in [7, 11) is 0. The molecule has 0 aliphatic rings. The molecule has 4 N–H and O–H groups in total. The third-order valence-electron chi connectivity index (χ3n) is 1.89. The molecular formula is C10H12FN3O2. The molecule has 1 aromatic rings. The van der Waals surface area contributed by atoms with Gasteiger partial charge in [0, 0.05) is 12.8 Å². The van der Waals surface area contributed by atoms with Gasteiger partial charge in [-0.1, -0.05) is 12.1 Å². The average molecular weight is 225 g/mol. The zero-order chi connectivity index (χ0) is 12.0. The highest BCUT2D eigenvalue weighted by atomic mass is 19.1. The summed E-state index contributed by atoms with van der Waals surface area (Å²) in [5.74, 6) is 3.45. The van der Waals surface area contributed by atoms with E-state index < -0.39 is 17.6 Å². The Balaban J connectivity index is 2.46. The van der Waals surface area contributed by atoms with Gasteiger partial charge in [0.2, 0.25) is 11.8 Å². The maximum Gasteiger partial charge on any atom is 0.234 e. The molecule has 0 aliphatic carbocycles. The van der Waals surface area contributed by atoms with Crippen LogP contribution in [0.4, 0.5) is 10.1 Å². The SMILES string of the molecule is NNC(=O)CCC(=O)Nc1ccccc1F. The van der Waals surface area contributed by atoms with Gasteiger partial charge in [-0.3, -0.25) is 15.0 Å². The van der Waals surface area contributed by atoms with Gasteiger partial charge in [0.05, 0.1) is 5.69 Å². The number of halogens is 1. The summed E-state index contributed by atoms with van der Waals surface area (Å²) in [6.45, 7) is 0. The summed E-state index contributed by atoms with van der Waals surface area (Å²) in [5, 5.41) is 2.35. The standard InChI is InChI=1S/C10H12FN3O2/c11-7-3-1-2-4-8(7)13-9(15)5-6-10(16)14-12/h1-4H,5-6,12H2,(H,13,15)(H,14,16). The zero-order valence-electron chi connectivity index (χ0n) is 8.50. The molecule has 0 aromatic heterocycles. The molecule has 0 saturated heterocycles. The molecule has 0 atom stereocenters. The van der Waals surface area contributed by atoms with Crippen LogP contribution >= 0.6 is 0 Å². The molecule has 0 spiro atoms. The van der Waals surface area contributed by atoms with Crippen LogP contribution in [0.2, 0.25) is 0 Å². The van der Waals surface area contributed by atoms with Crippen LogP contribution in [-0.4, -0.2) is 11.8 Å². The van der Waals surface area contributed by atoms with Crippen molar-refractivity contribution in [1.82, 2.24) is 5.43 Å². The number of para-hydroxylation sites is 1. The second-order valence-corrected chi connectivity index (χ2v) is 3.10. The fourth-order valence-corrected chi connectivity index (χ4v) is 1.07. The molecule has 0 heterocycles. The van der Waals surface area contributed by atoms with Crippen molar-refractivity contribution < 1.29 is 14.0 Å². The van der Waals surface area contributed by atoms with E-state index in [0.717, 1.165) is 0 Å². The van der Waals surface area contributed by atoms with E-state index in [4.69, 9.17) is 5.84 Å². The molecule has 0 radical (unpaired) electrons. The van der Waals surface area contributed by atoms with Gasteiger partial charge in [-0.05, 0) is 12.1 Å². The van der Waals surface area contributed by atoms with E-state index >= 15 is 0 Å². The van der Waals surface area contributed by atoms with Crippen molar-refractivity contribution in [3.63, 3.8) is 0 Å². The van der Waals surface area contributed by atoms with Gasteiger partial charge in [-0.15, -0.1) is 0 Å². The molecule has 86 valence electrons. The van der Waals surface area contributed by atoms with Crippen LogP contribution < -0.4 is 16.6 Å². The van der Waals surface area contributed by atoms with Crippen molar-refractivity contribution in [2.75, 3.05) is 5.32 Å². The topological polar surface area (TPSA) is 84.2 Å². The van der Waals surface area contributed by atoms with Gasteiger partial charge in [-0.25, -0.2) is 10.2 Å². The number of benzene rings is 1. The van der Waals surface area contributed by atoms with Crippen molar-refractivity contribution in [1.29, 1.82) is 0 Å². The van der Waals surface area contributed by atoms with Crippen LogP contribution in [-0.2, 0) is 9.59 Å². The van der Waals surface area contributed by atoms with Crippen LogP contribution in [0.15, 0.2) is 24.3 Å². The van der Waals surface area contributed by atoms with Crippen molar-refractivity contribution in [2.24, 2.45) is 5.84 Å². The second-order valence-electron chi connectivity index (χ2n) is 3.10. The molecule has 0 fully saturated rings. The highest BCUT2D eigenvalue weighted by Gasteiger charge is 2.08. The van der Waals surface area contributed by atoms with Crippen molar-refractivity contribution >= 4 is 17.5 Å². The maximum absolute atomic E-state index is 13.1. The minimum absolute atomic E-state index is 0.0310. The lowest BCUT2D eigenvalue weighted by molar-refractivity contribution is -0.124. The summed E-state index contributed by atoms with van der Waals surface area (Å²) < 4.78 is 13.1. The Bertz CT molecular complexity index is 395. The van der Waals surface area contributed by atoms with Crippen LogP contribution in [0.25, 0.3) is 0 Å². The predicted octanol–water partition coefficient (Wildman–Crippen LogP) is 0.534. The molecule has 0 bridgehead atoms. The lowest BCUT2D eigenvalue weighted by Gasteiger charge is -2.05. The molecule has 2 amide bonds. The summed E-state index contributed by atoms with van der Waals surface area (Å²) in [6.07, 6.45) is -0.0752. The molecule has 0 saturated carbocycles.